The standard InChI is InChI=1S/C11H10F3NO2/c1-17-10(16)8-3-2-7(9(15)6-8)4-5-11(12,13)14/h2-6H,15H2,1H3/b5-4+. The summed E-state index contributed by atoms with van der Waals surface area (Å²) in [5.41, 5.74) is 5.97. The highest BCUT2D eigenvalue weighted by atomic mass is 19.4. The number of hydrogen-bond acceptors (Lipinski definition) is 3. The number of carbonyl (C=O) groups excluding carboxylic acids is 1. The summed E-state index contributed by atoms with van der Waals surface area (Å²) in [5, 5.41) is 0. The van der Waals surface area contributed by atoms with Crippen LogP contribution in [-0.2, 0) is 4.74 Å². The van der Waals surface area contributed by atoms with Crippen LogP contribution in [0.4, 0.5) is 18.9 Å². The predicted molar refractivity (Wildman–Crippen MR) is 57.3 cm³/mol. The average molecular weight is 245 g/mol. The molecule has 0 aromatic heterocycles. The lowest BCUT2D eigenvalue weighted by Gasteiger charge is -2.04. The highest BCUT2D eigenvalue weighted by molar-refractivity contribution is 5.91. The van der Waals surface area contributed by atoms with Crippen molar-refractivity contribution >= 4 is 17.7 Å². The number of carbonyl (C=O) groups is 1. The van der Waals surface area contributed by atoms with Gasteiger partial charge in [0.2, 0.25) is 0 Å². The van der Waals surface area contributed by atoms with Gasteiger partial charge in [-0.3, -0.25) is 0 Å². The summed E-state index contributed by atoms with van der Waals surface area (Å²) in [6.45, 7) is 0. The van der Waals surface area contributed by atoms with Gasteiger partial charge in [-0.05, 0) is 23.8 Å². The van der Waals surface area contributed by atoms with Crippen LogP contribution in [0.3, 0.4) is 0 Å². The normalized spacial score (nSPS) is 11.8. The van der Waals surface area contributed by atoms with E-state index in [4.69, 9.17) is 5.73 Å². The number of nitrogens with two attached hydrogens (primary N) is 1. The third kappa shape index (κ3) is 3.82. The van der Waals surface area contributed by atoms with Crippen molar-refractivity contribution < 1.29 is 22.7 Å². The van der Waals surface area contributed by atoms with Crippen LogP contribution in [0.1, 0.15) is 15.9 Å². The fourth-order valence-electron chi connectivity index (χ4n) is 1.16. The van der Waals surface area contributed by atoms with E-state index >= 15 is 0 Å². The van der Waals surface area contributed by atoms with E-state index in [9.17, 15) is 18.0 Å². The molecule has 0 bridgehead atoms. The number of rotatable bonds is 2. The number of benzene rings is 1. The van der Waals surface area contributed by atoms with Crippen LogP contribution in [0.25, 0.3) is 6.08 Å². The highest BCUT2D eigenvalue weighted by Gasteiger charge is 2.22. The van der Waals surface area contributed by atoms with Crippen molar-refractivity contribution in [3.8, 4) is 0 Å². The summed E-state index contributed by atoms with van der Waals surface area (Å²) in [6.07, 6.45) is -3.47. The molecule has 0 heterocycles. The minimum atomic E-state index is -4.40. The number of alkyl halides is 3. The van der Waals surface area contributed by atoms with E-state index in [-0.39, 0.29) is 22.9 Å². The van der Waals surface area contributed by atoms with Crippen LogP contribution in [0, 0.1) is 0 Å². The van der Waals surface area contributed by atoms with Gasteiger partial charge in [0.25, 0.3) is 0 Å². The quantitative estimate of drug-likeness (QED) is 0.643. The zero-order valence-corrected chi connectivity index (χ0v) is 8.91. The minimum absolute atomic E-state index is 0.0772. The fourth-order valence-corrected chi connectivity index (χ4v) is 1.16. The Morgan fingerprint density at radius 3 is 2.53 bits per heavy atom. The number of halogens is 3. The van der Waals surface area contributed by atoms with Gasteiger partial charge in [-0.1, -0.05) is 6.07 Å². The van der Waals surface area contributed by atoms with Crippen molar-refractivity contribution in [2.75, 3.05) is 12.8 Å². The van der Waals surface area contributed by atoms with Crippen LogP contribution < -0.4 is 5.73 Å². The third-order valence-corrected chi connectivity index (χ3v) is 1.96. The van der Waals surface area contributed by atoms with Gasteiger partial charge in [-0.15, -0.1) is 0 Å². The Balaban J connectivity index is 2.99. The number of esters is 1. The maximum atomic E-state index is 11.9. The fraction of sp³-hybridized carbons (Fsp3) is 0.182. The third-order valence-electron chi connectivity index (χ3n) is 1.96. The number of anilines is 1. The molecule has 1 rings (SSSR count). The zero-order chi connectivity index (χ0) is 13.1. The molecule has 0 amide bonds. The molecule has 1 aromatic carbocycles. The lowest BCUT2D eigenvalue weighted by molar-refractivity contribution is -0.0790. The number of hydrogen-bond donors (Lipinski definition) is 1. The van der Waals surface area contributed by atoms with Gasteiger partial charge in [0.15, 0.2) is 0 Å². The van der Waals surface area contributed by atoms with Crippen LogP contribution in [0.2, 0.25) is 0 Å². The molecular formula is C11H10F3NO2. The van der Waals surface area contributed by atoms with Crippen molar-refractivity contribution in [3.63, 3.8) is 0 Å². The maximum Gasteiger partial charge on any atom is 0.409 e. The van der Waals surface area contributed by atoms with Gasteiger partial charge in [0, 0.05) is 11.8 Å². The maximum absolute atomic E-state index is 11.9. The molecule has 0 spiro atoms. The Labute approximate surface area is 95.7 Å². The minimum Gasteiger partial charge on any atom is -0.465 e. The number of methoxy groups -OCH3 is 1. The first kappa shape index (κ1) is 13.1. The van der Waals surface area contributed by atoms with E-state index in [1.165, 1.54) is 25.3 Å². The van der Waals surface area contributed by atoms with E-state index in [1.807, 2.05) is 0 Å². The molecule has 0 aliphatic heterocycles. The summed E-state index contributed by atoms with van der Waals surface area (Å²) in [5.74, 6) is -0.594. The van der Waals surface area contributed by atoms with Gasteiger partial charge in [0.05, 0.1) is 12.7 Å². The van der Waals surface area contributed by atoms with Crippen molar-refractivity contribution in [1.82, 2.24) is 0 Å². The van der Waals surface area contributed by atoms with Crippen LogP contribution in [-0.4, -0.2) is 19.3 Å². The van der Waals surface area contributed by atoms with Gasteiger partial charge in [-0.25, -0.2) is 4.79 Å². The Morgan fingerprint density at radius 2 is 2.06 bits per heavy atom. The molecule has 0 atom stereocenters. The molecule has 2 N–H and O–H groups in total. The predicted octanol–water partition coefficient (Wildman–Crippen LogP) is 2.63. The molecule has 0 aliphatic carbocycles. The van der Waals surface area contributed by atoms with Crippen LogP contribution in [0.5, 0.6) is 0 Å². The summed E-state index contributed by atoms with van der Waals surface area (Å²) in [4.78, 5) is 11.1. The SMILES string of the molecule is COC(=O)c1ccc(/C=C/C(F)(F)F)c(N)c1. The summed E-state index contributed by atoms with van der Waals surface area (Å²) >= 11 is 0. The van der Waals surface area contributed by atoms with Crippen molar-refractivity contribution in [3.05, 3.63) is 35.4 Å². The Hall–Kier alpha value is -1.98. The first-order valence-electron chi connectivity index (χ1n) is 4.57. The first-order chi connectivity index (χ1) is 7.83. The van der Waals surface area contributed by atoms with Crippen LogP contribution in [0.15, 0.2) is 24.3 Å². The molecule has 0 fully saturated rings. The van der Waals surface area contributed by atoms with E-state index in [2.05, 4.69) is 4.74 Å². The Morgan fingerprint density at radius 1 is 1.41 bits per heavy atom. The number of allylic oxidation sites excluding steroid dienone is 1. The summed E-state index contributed by atoms with van der Waals surface area (Å²) in [7, 11) is 1.20. The molecule has 0 aliphatic rings. The first-order valence-corrected chi connectivity index (χ1v) is 4.57. The lowest BCUT2D eigenvalue weighted by Crippen LogP contribution is -2.03. The smallest absolute Gasteiger partial charge is 0.409 e. The van der Waals surface area contributed by atoms with Gasteiger partial charge < -0.3 is 10.5 Å². The van der Waals surface area contributed by atoms with Crippen molar-refractivity contribution in [2.24, 2.45) is 0 Å². The second-order valence-corrected chi connectivity index (χ2v) is 3.21. The molecule has 17 heavy (non-hydrogen) atoms. The van der Waals surface area contributed by atoms with Crippen molar-refractivity contribution in [1.29, 1.82) is 0 Å². The van der Waals surface area contributed by atoms with Crippen molar-refractivity contribution in [2.45, 2.75) is 6.18 Å². The zero-order valence-electron chi connectivity index (χ0n) is 8.91. The average Bonchev–Trinajstić information content (AvgIpc) is 2.25. The molecule has 3 nitrogen and oxygen atoms in total. The van der Waals surface area contributed by atoms with E-state index in [0.717, 1.165) is 6.08 Å². The molecule has 0 unspecified atom stereocenters. The van der Waals surface area contributed by atoms with Gasteiger partial charge >= 0.3 is 12.1 Å². The summed E-state index contributed by atoms with van der Waals surface area (Å²) in [6, 6.07) is 3.93. The van der Waals surface area contributed by atoms with Crippen LogP contribution >= 0.6 is 0 Å². The number of ether oxygens (including phenoxy) is 1. The molecule has 0 saturated heterocycles. The summed E-state index contributed by atoms with van der Waals surface area (Å²) < 4.78 is 40.3. The van der Waals surface area contributed by atoms with Gasteiger partial charge in [0.1, 0.15) is 0 Å². The highest BCUT2D eigenvalue weighted by Crippen LogP contribution is 2.21. The number of nitrogen functional groups attached to an aromatic ring is 1. The molecule has 0 saturated carbocycles. The second kappa shape index (κ2) is 4.90. The molecular weight excluding hydrogens is 235 g/mol. The lowest BCUT2D eigenvalue weighted by atomic mass is 10.1. The molecule has 1 aromatic rings. The van der Waals surface area contributed by atoms with E-state index in [1.54, 1.807) is 0 Å². The molecule has 0 radical (unpaired) electrons. The Bertz CT molecular complexity index is 453. The van der Waals surface area contributed by atoms with E-state index in [0.29, 0.717) is 0 Å². The van der Waals surface area contributed by atoms with E-state index < -0.39 is 12.1 Å². The molecule has 6 heteroatoms. The molecule has 92 valence electrons. The largest absolute Gasteiger partial charge is 0.465 e. The second-order valence-electron chi connectivity index (χ2n) is 3.21. The topological polar surface area (TPSA) is 52.3 Å². The Kier molecular flexibility index (Phi) is 3.77. The monoisotopic (exact) mass is 245 g/mol. The van der Waals surface area contributed by atoms with Gasteiger partial charge in [-0.2, -0.15) is 13.2 Å².